The van der Waals surface area contributed by atoms with Crippen LogP contribution < -0.4 is 11.1 Å². The maximum atomic E-state index is 11.2. The summed E-state index contributed by atoms with van der Waals surface area (Å²) in [6.45, 7) is 3.85. The van der Waals surface area contributed by atoms with Crippen molar-refractivity contribution in [1.82, 2.24) is 4.98 Å². The molecule has 1 amide bonds. The van der Waals surface area contributed by atoms with Gasteiger partial charge in [0.2, 0.25) is 5.91 Å². The summed E-state index contributed by atoms with van der Waals surface area (Å²) in [7, 11) is 0. The lowest BCUT2D eigenvalue weighted by Gasteiger charge is -2.22. The number of hydrogen-bond donors (Lipinski definition) is 2. The van der Waals surface area contributed by atoms with Gasteiger partial charge in [0, 0.05) is 35.8 Å². The van der Waals surface area contributed by atoms with Crippen molar-refractivity contribution >= 4 is 11.6 Å². The minimum absolute atomic E-state index is 0.368. The number of aryl methyl sites for hydroxylation is 1. The number of allylic oxidation sites excluding steroid dienone is 1. The van der Waals surface area contributed by atoms with E-state index in [2.05, 4.69) is 10.3 Å². The zero-order valence-corrected chi connectivity index (χ0v) is 8.79. The third-order valence-corrected chi connectivity index (χ3v) is 2.64. The molecule has 0 fully saturated rings. The molecule has 0 aromatic carbocycles. The van der Waals surface area contributed by atoms with Gasteiger partial charge in [-0.2, -0.15) is 0 Å². The second-order valence-electron chi connectivity index (χ2n) is 3.76. The maximum Gasteiger partial charge on any atom is 0.246 e. The van der Waals surface area contributed by atoms with Crippen LogP contribution in [-0.4, -0.2) is 10.9 Å². The predicted molar refractivity (Wildman–Crippen MR) is 58.2 cm³/mol. The van der Waals surface area contributed by atoms with Crippen LogP contribution in [0.4, 0.5) is 5.69 Å². The van der Waals surface area contributed by atoms with Crippen molar-refractivity contribution < 1.29 is 4.79 Å². The fourth-order valence-electron chi connectivity index (χ4n) is 1.79. The van der Waals surface area contributed by atoms with Gasteiger partial charge in [-0.05, 0) is 25.0 Å². The standard InChI is InChI=1S/C11H13N3O/c1-6-4-13-5-8-3-9(11(12)15)7(2)14-10(6)8/h4-5,14H,3H2,1-2H3,(H2,12,15). The summed E-state index contributed by atoms with van der Waals surface area (Å²) in [5.74, 6) is -0.368. The average molecular weight is 203 g/mol. The summed E-state index contributed by atoms with van der Waals surface area (Å²) < 4.78 is 0. The number of pyridine rings is 1. The van der Waals surface area contributed by atoms with Gasteiger partial charge in [0.15, 0.2) is 0 Å². The van der Waals surface area contributed by atoms with Gasteiger partial charge in [-0.1, -0.05) is 0 Å². The van der Waals surface area contributed by atoms with Gasteiger partial charge in [-0.15, -0.1) is 0 Å². The molecule has 0 aliphatic carbocycles. The number of rotatable bonds is 1. The topological polar surface area (TPSA) is 68.0 Å². The number of fused-ring (bicyclic) bond motifs is 1. The van der Waals surface area contributed by atoms with Gasteiger partial charge in [0.05, 0.1) is 0 Å². The molecule has 0 radical (unpaired) electrons. The molecule has 4 nitrogen and oxygen atoms in total. The lowest BCUT2D eigenvalue weighted by Crippen LogP contribution is -2.23. The van der Waals surface area contributed by atoms with E-state index in [0.717, 1.165) is 22.5 Å². The van der Waals surface area contributed by atoms with Crippen LogP contribution in [0.3, 0.4) is 0 Å². The van der Waals surface area contributed by atoms with E-state index in [1.165, 1.54) is 0 Å². The highest BCUT2D eigenvalue weighted by Crippen LogP contribution is 2.29. The van der Waals surface area contributed by atoms with Crippen molar-refractivity contribution in [2.45, 2.75) is 20.3 Å². The first-order chi connectivity index (χ1) is 7.09. The number of nitrogens with one attached hydrogen (secondary N) is 1. The Labute approximate surface area is 88.2 Å². The first kappa shape index (κ1) is 9.71. The van der Waals surface area contributed by atoms with Crippen molar-refractivity contribution in [3.8, 4) is 0 Å². The van der Waals surface area contributed by atoms with E-state index in [1.807, 2.05) is 13.8 Å². The maximum absolute atomic E-state index is 11.2. The molecule has 1 aromatic heterocycles. The van der Waals surface area contributed by atoms with Gasteiger partial charge < -0.3 is 11.1 Å². The number of aromatic nitrogens is 1. The molecule has 3 N–H and O–H groups in total. The summed E-state index contributed by atoms with van der Waals surface area (Å²) in [6.07, 6.45) is 4.14. The molecule has 0 spiro atoms. The van der Waals surface area contributed by atoms with E-state index in [0.29, 0.717) is 12.0 Å². The van der Waals surface area contributed by atoms with E-state index in [9.17, 15) is 4.79 Å². The Morgan fingerprint density at radius 1 is 1.47 bits per heavy atom. The van der Waals surface area contributed by atoms with Crippen LogP contribution >= 0.6 is 0 Å². The van der Waals surface area contributed by atoms with Crippen molar-refractivity contribution in [2.75, 3.05) is 5.32 Å². The molecule has 15 heavy (non-hydrogen) atoms. The number of nitrogens with zero attached hydrogens (tertiary/aromatic N) is 1. The Hall–Kier alpha value is -1.84. The fourth-order valence-corrected chi connectivity index (χ4v) is 1.79. The summed E-state index contributed by atoms with van der Waals surface area (Å²) in [5, 5.41) is 3.20. The van der Waals surface area contributed by atoms with E-state index < -0.39 is 0 Å². The highest BCUT2D eigenvalue weighted by Gasteiger charge is 2.19. The van der Waals surface area contributed by atoms with Gasteiger partial charge in [0.1, 0.15) is 0 Å². The summed E-state index contributed by atoms with van der Waals surface area (Å²) in [6, 6.07) is 0. The van der Waals surface area contributed by atoms with Crippen molar-refractivity contribution in [2.24, 2.45) is 5.73 Å². The molecule has 1 aromatic rings. The highest BCUT2D eigenvalue weighted by atomic mass is 16.1. The van der Waals surface area contributed by atoms with Gasteiger partial charge in [-0.25, -0.2) is 0 Å². The van der Waals surface area contributed by atoms with Crippen molar-refractivity contribution in [3.05, 3.63) is 34.8 Å². The molecule has 1 aliphatic heterocycles. The van der Waals surface area contributed by atoms with E-state index in [-0.39, 0.29) is 5.91 Å². The Morgan fingerprint density at radius 2 is 2.20 bits per heavy atom. The number of primary amides is 1. The Kier molecular flexibility index (Phi) is 2.19. The molecular formula is C11H13N3O. The molecule has 4 heteroatoms. The summed E-state index contributed by atoms with van der Waals surface area (Å²) >= 11 is 0. The number of anilines is 1. The van der Waals surface area contributed by atoms with Gasteiger partial charge in [-0.3, -0.25) is 9.78 Å². The quantitative estimate of drug-likeness (QED) is 0.718. The average Bonchev–Trinajstić information content (AvgIpc) is 2.18. The van der Waals surface area contributed by atoms with Crippen LogP contribution in [0.5, 0.6) is 0 Å². The number of carbonyl (C=O) groups is 1. The fraction of sp³-hybridized carbons (Fsp3) is 0.273. The minimum atomic E-state index is -0.368. The van der Waals surface area contributed by atoms with Gasteiger partial charge in [0.25, 0.3) is 0 Å². The lowest BCUT2D eigenvalue weighted by molar-refractivity contribution is -0.114. The van der Waals surface area contributed by atoms with E-state index in [1.54, 1.807) is 12.4 Å². The largest absolute Gasteiger partial charge is 0.366 e. The third-order valence-electron chi connectivity index (χ3n) is 2.64. The zero-order valence-electron chi connectivity index (χ0n) is 8.79. The SMILES string of the molecule is CC1=C(C(N)=O)Cc2cncc(C)c2N1. The molecule has 2 rings (SSSR count). The Balaban J connectivity index is 2.47. The normalized spacial score (nSPS) is 14.5. The Bertz CT molecular complexity index is 463. The van der Waals surface area contributed by atoms with Crippen molar-refractivity contribution in [1.29, 1.82) is 0 Å². The number of amides is 1. The molecule has 78 valence electrons. The molecule has 0 atom stereocenters. The van der Waals surface area contributed by atoms with Crippen LogP contribution in [0.1, 0.15) is 18.1 Å². The van der Waals surface area contributed by atoms with Crippen LogP contribution in [0.15, 0.2) is 23.7 Å². The molecule has 1 aliphatic rings. The number of carbonyl (C=O) groups excluding carboxylic acids is 1. The molecule has 0 unspecified atom stereocenters. The second-order valence-corrected chi connectivity index (χ2v) is 3.76. The smallest absolute Gasteiger partial charge is 0.246 e. The summed E-state index contributed by atoms with van der Waals surface area (Å²) in [5.41, 5.74) is 9.92. The molecule has 0 saturated heterocycles. The van der Waals surface area contributed by atoms with E-state index >= 15 is 0 Å². The minimum Gasteiger partial charge on any atom is -0.366 e. The highest BCUT2D eigenvalue weighted by molar-refractivity contribution is 5.95. The van der Waals surface area contributed by atoms with Crippen LogP contribution in [0.2, 0.25) is 0 Å². The van der Waals surface area contributed by atoms with Gasteiger partial charge >= 0.3 is 0 Å². The molecule has 2 heterocycles. The van der Waals surface area contributed by atoms with E-state index in [4.69, 9.17) is 5.73 Å². The number of nitrogens with two attached hydrogens (primary N) is 1. The monoisotopic (exact) mass is 203 g/mol. The first-order valence-corrected chi connectivity index (χ1v) is 4.79. The number of hydrogen-bond acceptors (Lipinski definition) is 3. The summed E-state index contributed by atoms with van der Waals surface area (Å²) in [4.78, 5) is 15.3. The molecule has 0 saturated carbocycles. The first-order valence-electron chi connectivity index (χ1n) is 4.79. The van der Waals surface area contributed by atoms with Crippen LogP contribution in [-0.2, 0) is 11.2 Å². The molecular weight excluding hydrogens is 190 g/mol. The second kappa shape index (κ2) is 3.38. The van der Waals surface area contributed by atoms with Crippen LogP contribution in [0, 0.1) is 6.92 Å². The van der Waals surface area contributed by atoms with Crippen LogP contribution in [0.25, 0.3) is 0 Å². The van der Waals surface area contributed by atoms with Crippen molar-refractivity contribution in [3.63, 3.8) is 0 Å². The zero-order chi connectivity index (χ0) is 11.0. The predicted octanol–water partition coefficient (Wildman–Crippen LogP) is 1.12. The third kappa shape index (κ3) is 1.58. The molecule has 0 bridgehead atoms. The Morgan fingerprint density at radius 3 is 2.87 bits per heavy atom. The lowest BCUT2D eigenvalue weighted by atomic mass is 9.97.